The Bertz CT molecular complexity index is 968. The molecule has 1 unspecified atom stereocenters. The first-order valence-electron chi connectivity index (χ1n) is 8.78. The lowest BCUT2D eigenvalue weighted by Gasteiger charge is -2.16. The van der Waals surface area contributed by atoms with E-state index in [1.807, 2.05) is 72.8 Å². The molecule has 3 aromatic rings. The van der Waals surface area contributed by atoms with E-state index < -0.39 is 11.5 Å². The van der Waals surface area contributed by atoms with Crippen molar-refractivity contribution in [1.82, 2.24) is 4.90 Å². The molecular weight excluding hydrogens is 338 g/mol. The number of ether oxygens (including phenoxy) is 1. The van der Waals surface area contributed by atoms with Gasteiger partial charge in [0.1, 0.15) is 0 Å². The van der Waals surface area contributed by atoms with Crippen molar-refractivity contribution < 1.29 is 14.3 Å². The molecule has 1 atom stereocenters. The molecule has 1 saturated heterocycles. The molecule has 1 amide bonds. The van der Waals surface area contributed by atoms with Gasteiger partial charge in [-0.05, 0) is 28.8 Å². The number of rotatable bonds is 4. The van der Waals surface area contributed by atoms with Crippen LogP contribution in [-0.4, -0.2) is 30.4 Å². The summed E-state index contributed by atoms with van der Waals surface area (Å²) in [6.45, 7) is 0.322. The minimum Gasteiger partial charge on any atom is -0.467 e. The van der Waals surface area contributed by atoms with Crippen molar-refractivity contribution in [3.05, 3.63) is 96.1 Å². The van der Waals surface area contributed by atoms with Crippen LogP contribution in [0.5, 0.6) is 0 Å². The predicted molar refractivity (Wildman–Crippen MR) is 103 cm³/mol. The molecule has 0 aromatic heterocycles. The van der Waals surface area contributed by atoms with Gasteiger partial charge in [-0.2, -0.15) is 0 Å². The Hall–Kier alpha value is -3.40. The van der Waals surface area contributed by atoms with E-state index in [0.717, 1.165) is 16.7 Å². The second-order valence-electron chi connectivity index (χ2n) is 6.55. The summed E-state index contributed by atoms with van der Waals surface area (Å²) in [7, 11) is 1.35. The van der Waals surface area contributed by atoms with Crippen molar-refractivity contribution >= 4 is 11.9 Å². The molecule has 134 valence electrons. The molecule has 4 heteroatoms. The molecule has 0 bridgehead atoms. The monoisotopic (exact) mass is 357 g/mol. The van der Waals surface area contributed by atoms with Crippen LogP contribution in [0.4, 0.5) is 0 Å². The van der Waals surface area contributed by atoms with Crippen LogP contribution in [0.25, 0.3) is 11.1 Å². The lowest BCUT2D eigenvalue weighted by Crippen LogP contribution is -2.31. The molecule has 4 rings (SSSR count). The van der Waals surface area contributed by atoms with Gasteiger partial charge in [0.05, 0.1) is 13.7 Å². The molecule has 1 fully saturated rings. The minimum absolute atomic E-state index is 0.177. The first-order chi connectivity index (χ1) is 13.2. The van der Waals surface area contributed by atoms with Gasteiger partial charge in [0.15, 0.2) is 5.54 Å². The average molecular weight is 357 g/mol. The third-order valence-corrected chi connectivity index (χ3v) is 5.00. The summed E-state index contributed by atoms with van der Waals surface area (Å²) in [5.41, 5.74) is 2.43. The van der Waals surface area contributed by atoms with E-state index in [1.54, 1.807) is 17.0 Å². The molecule has 0 saturated carbocycles. The summed E-state index contributed by atoms with van der Waals surface area (Å²) < 4.78 is 4.99. The number of esters is 1. The van der Waals surface area contributed by atoms with Crippen molar-refractivity contribution in [2.45, 2.75) is 5.54 Å². The van der Waals surface area contributed by atoms with Crippen LogP contribution in [0.15, 0.2) is 84.9 Å². The molecule has 0 aliphatic carbocycles. The van der Waals surface area contributed by atoms with E-state index in [0.29, 0.717) is 12.1 Å². The number of methoxy groups -OCH3 is 1. The Labute approximate surface area is 158 Å². The molecule has 1 heterocycles. The second kappa shape index (κ2) is 6.72. The summed E-state index contributed by atoms with van der Waals surface area (Å²) in [4.78, 5) is 27.0. The zero-order chi connectivity index (χ0) is 18.9. The molecule has 27 heavy (non-hydrogen) atoms. The largest absolute Gasteiger partial charge is 0.467 e. The van der Waals surface area contributed by atoms with Crippen molar-refractivity contribution in [3.8, 4) is 11.1 Å². The van der Waals surface area contributed by atoms with E-state index in [-0.39, 0.29) is 5.91 Å². The average Bonchev–Trinajstić information content (AvgIpc) is 3.51. The maximum absolute atomic E-state index is 13.0. The van der Waals surface area contributed by atoms with Gasteiger partial charge in [0, 0.05) is 5.56 Å². The Morgan fingerprint density at radius 1 is 0.815 bits per heavy atom. The Balaban J connectivity index is 1.61. The fourth-order valence-corrected chi connectivity index (χ4v) is 3.45. The van der Waals surface area contributed by atoms with E-state index in [4.69, 9.17) is 4.74 Å². The lowest BCUT2D eigenvalue weighted by molar-refractivity contribution is -0.145. The Morgan fingerprint density at radius 2 is 1.37 bits per heavy atom. The van der Waals surface area contributed by atoms with Crippen molar-refractivity contribution in [2.75, 3.05) is 13.7 Å². The predicted octanol–water partition coefficient (Wildman–Crippen LogP) is 3.88. The number of carbonyl (C=O) groups excluding carboxylic acids is 2. The van der Waals surface area contributed by atoms with E-state index >= 15 is 0 Å². The van der Waals surface area contributed by atoms with Crippen molar-refractivity contribution in [2.24, 2.45) is 0 Å². The van der Waals surface area contributed by atoms with E-state index in [2.05, 4.69) is 0 Å². The Kier molecular flexibility index (Phi) is 4.24. The topological polar surface area (TPSA) is 46.4 Å². The first-order valence-corrected chi connectivity index (χ1v) is 8.78. The van der Waals surface area contributed by atoms with Gasteiger partial charge >= 0.3 is 5.97 Å². The number of amides is 1. The molecular formula is C23H19NO3. The molecule has 0 radical (unpaired) electrons. The molecule has 0 spiro atoms. The van der Waals surface area contributed by atoms with E-state index in [9.17, 15) is 9.59 Å². The van der Waals surface area contributed by atoms with Gasteiger partial charge in [0.2, 0.25) is 0 Å². The van der Waals surface area contributed by atoms with Gasteiger partial charge in [-0.3, -0.25) is 4.79 Å². The van der Waals surface area contributed by atoms with E-state index in [1.165, 1.54) is 7.11 Å². The molecule has 1 aliphatic rings. The highest BCUT2D eigenvalue weighted by Gasteiger charge is 2.63. The highest BCUT2D eigenvalue weighted by molar-refractivity contribution is 6.03. The lowest BCUT2D eigenvalue weighted by atomic mass is 9.99. The molecule has 3 aromatic carbocycles. The van der Waals surface area contributed by atoms with Gasteiger partial charge in [-0.15, -0.1) is 0 Å². The van der Waals surface area contributed by atoms with Crippen LogP contribution in [0.1, 0.15) is 15.9 Å². The van der Waals surface area contributed by atoms with Crippen molar-refractivity contribution in [1.29, 1.82) is 0 Å². The number of hydrogen-bond acceptors (Lipinski definition) is 3. The maximum Gasteiger partial charge on any atom is 0.338 e. The summed E-state index contributed by atoms with van der Waals surface area (Å²) in [5, 5.41) is 0. The third kappa shape index (κ3) is 2.89. The summed E-state index contributed by atoms with van der Waals surface area (Å²) >= 11 is 0. The minimum atomic E-state index is -1.02. The fourth-order valence-electron chi connectivity index (χ4n) is 3.45. The normalized spacial score (nSPS) is 18.0. The first kappa shape index (κ1) is 17.0. The van der Waals surface area contributed by atoms with Gasteiger partial charge < -0.3 is 9.64 Å². The highest BCUT2D eigenvalue weighted by atomic mass is 16.5. The summed E-state index contributed by atoms with van der Waals surface area (Å²) in [6, 6.07) is 26.7. The van der Waals surface area contributed by atoms with Crippen LogP contribution in [0.2, 0.25) is 0 Å². The van der Waals surface area contributed by atoms with Gasteiger partial charge in [0.25, 0.3) is 5.91 Å². The second-order valence-corrected chi connectivity index (χ2v) is 6.55. The van der Waals surface area contributed by atoms with Crippen LogP contribution < -0.4 is 0 Å². The fraction of sp³-hybridized carbons (Fsp3) is 0.130. The van der Waals surface area contributed by atoms with Crippen molar-refractivity contribution in [3.63, 3.8) is 0 Å². The standard InChI is InChI=1S/C23H19NO3/c1-27-22(26)23(20-10-6-3-7-11-20)16-24(23)21(25)19-14-12-18(13-15-19)17-8-4-2-5-9-17/h2-15H,16H2,1H3. The summed E-state index contributed by atoms with van der Waals surface area (Å²) in [6.07, 6.45) is 0. The number of carbonyl (C=O) groups is 2. The maximum atomic E-state index is 13.0. The quantitative estimate of drug-likeness (QED) is 0.526. The number of benzene rings is 3. The van der Waals surface area contributed by atoms with Crippen LogP contribution in [0, 0.1) is 0 Å². The molecule has 1 aliphatic heterocycles. The van der Waals surface area contributed by atoms with Crippen LogP contribution >= 0.6 is 0 Å². The molecule has 0 N–H and O–H groups in total. The summed E-state index contributed by atoms with van der Waals surface area (Å²) in [5.74, 6) is -0.591. The zero-order valence-electron chi connectivity index (χ0n) is 15.0. The Morgan fingerprint density at radius 3 is 1.96 bits per heavy atom. The zero-order valence-corrected chi connectivity index (χ0v) is 15.0. The number of hydrogen-bond donors (Lipinski definition) is 0. The van der Waals surface area contributed by atoms with Crippen LogP contribution in [-0.2, 0) is 15.1 Å². The smallest absolute Gasteiger partial charge is 0.338 e. The SMILES string of the molecule is COC(=O)C1(c2ccccc2)CN1C(=O)c1ccc(-c2ccccc2)cc1. The van der Waals surface area contributed by atoms with Crippen LogP contribution in [0.3, 0.4) is 0 Å². The van der Waals surface area contributed by atoms with Gasteiger partial charge in [-0.25, -0.2) is 4.79 Å². The number of nitrogens with zero attached hydrogens (tertiary/aromatic N) is 1. The van der Waals surface area contributed by atoms with Gasteiger partial charge in [-0.1, -0.05) is 72.8 Å². The third-order valence-electron chi connectivity index (χ3n) is 5.00. The molecule has 4 nitrogen and oxygen atoms in total. The highest BCUT2D eigenvalue weighted by Crippen LogP contribution is 2.44.